The standard InChI is InChI=1S/C20H16N4O3S/c25-24(26)17-10-8-15(9-11-17)14-28-20-22-21-19(16-5-2-1-3-6-16)23(20)13-18-7-4-12-27-18/h1-12H,13-14H2. The van der Waals surface area contributed by atoms with Crippen LogP contribution in [0.1, 0.15) is 11.3 Å². The number of rotatable bonds is 7. The molecule has 0 spiro atoms. The fraction of sp³-hybridized carbons (Fsp3) is 0.100. The first kappa shape index (κ1) is 18.0. The minimum absolute atomic E-state index is 0.0844. The van der Waals surface area contributed by atoms with Crippen molar-refractivity contribution in [3.05, 3.63) is 94.4 Å². The van der Waals surface area contributed by atoms with E-state index in [1.807, 2.05) is 47.0 Å². The summed E-state index contributed by atoms with van der Waals surface area (Å²) in [6.07, 6.45) is 1.64. The lowest BCUT2D eigenvalue weighted by molar-refractivity contribution is -0.384. The average Bonchev–Trinajstić information content (AvgIpc) is 3.38. The maximum atomic E-state index is 10.8. The molecule has 7 nitrogen and oxygen atoms in total. The number of nitro groups is 1. The molecule has 0 radical (unpaired) electrons. The van der Waals surface area contributed by atoms with Crippen molar-refractivity contribution in [2.45, 2.75) is 17.5 Å². The van der Waals surface area contributed by atoms with Crippen molar-refractivity contribution in [3.8, 4) is 11.4 Å². The molecule has 140 valence electrons. The summed E-state index contributed by atoms with van der Waals surface area (Å²) < 4.78 is 7.52. The first-order valence-electron chi connectivity index (χ1n) is 8.58. The van der Waals surface area contributed by atoms with Gasteiger partial charge in [-0.25, -0.2) is 0 Å². The fourth-order valence-corrected chi connectivity index (χ4v) is 3.65. The first-order chi connectivity index (χ1) is 13.7. The number of furan rings is 1. The van der Waals surface area contributed by atoms with E-state index in [9.17, 15) is 10.1 Å². The first-order valence-corrected chi connectivity index (χ1v) is 9.56. The molecule has 8 heteroatoms. The minimum atomic E-state index is -0.400. The van der Waals surface area contributed by atoms with E-state index in [1.54, 1.807) is 18.4 Å². The van der Waals surface area contributed by atoms with Crippen LogP contribution >= 0.6 is 11.8 Å². The van der Waals surface area contributed by atoms with Crippen LogP contribution in [0.25, 0.3) is 11.4 Å². The zero-order chi connectivity index (χ0) is 19.3. The van der Waals surface area contributed by atoms with Crippen LogP contribution in [0.15, 0.2) is 82.6 Å². The molecule has 0 aliphatic carbocycles. The highest BCUT2D eigenvalue weighted by atomic mass is 32.2. The fourth-order valence-electron chi connectivity index (χ4n) is 2.76. The molecule has 0 fully saturated rings. The van der Waals surface area contributed by atoms with E-state index < -0.39 is 4.92 Å². The Morgan fingerprint density at radius 2 is 1.79 bits per heavy atom. The molecular formula is C20H16N4O3S. The van der Waals surface area contributed by atoms with Gasteiger partial charge in [-0.2, -0.15) is 0 Å². The summed E-state index contributed by atoms with van der Waals surface area (Å²) >= 11 is 1.53. The van der Waals surface area contributed by atoms with E-state index in [4.69, 9.17) is 4.42 Å². The van der Waals surface area contributed by atoms with Gasteiger partial charge in [-0.1, -0.05) is 54.2 Å². The number of hydrogen-bond acceptors (Lipinski definition) is 6. The summed E-state index contributed by atoms with van der Waals surface area (Å²) in [6.45, 7) is 0.521. The highest BCUT2D eigenvalue weighted by molar-refractivity contribution is 7.98. The zero-order valence-electron chi connectivity index (χ0n) is 14.8. The van der Waals surface area contributed by atoms with E-state index >= 15 is 0 Å². The second-order valence-electron chi connectivity index (χ2n) is 6.05. The van der Waals surface area contributed by atoms with Crippen LogP contribution in [-0.2, 0) is 12.3 Å². The van der Waals surface area contributed by atoms with Gasteiger partial charge in [-0.15, -0.1) is 10.2 Å². The molecule has 2 aromatic carbocycles. The Bertz CT molecular complexity index is 1060. The van der Waals surface area contributed by atoms with Crippen molar-refractivity contribution < 1.29 is 9.34 Å². The van der Waals surface area contributed by atoms with Crippen molar-refractivity contribution in [3.63, 3.8) is 0 Å². The van der Waals surface area contributed by atoms with Gasteiger partial charge in [0.2, 0.25) is 0 Å². The van der Waals surface area contributed by atoms with E-state index in [1.165, 1.54) is 23.9 Å². The summed E-state index contributed by atoms with van der Waals surface area (Å²) in [7, 11) is 0. The highest BCUT2D eigenvalue weighted by Gasteiger charge is 2.16. The van der Waals surface area contributed by atoms with Crippen LogP contribution in [0.3, 0.4) is 0 Å². The van der Waals surface area contributed by atoms with E-state index in [0.29, 0.717) is 12.3 Å². The Morgan fingerprint density at radius 1 is 1.00 bits per heavy atom. The van der Waals surface area contributed by atoms with E-state index in [0.717, 1.165) is 27.9 Å². The van der Waals surface area contributed by atoms with Crippen molar-refractivity contribution in [1.29, 1.82) is 0 Å². The SMILES string of the molecule is O=[N+]([O-])c1ccc(CSc2nnc(-c3ccccc3)n2Cc2ccco2)cc1. The number of non-ortho nitro benzene ring substituents is 1. The number of nitro benzene ring substituents is 1. The summed E-state index contributed by atoms with van der Waals surface area (Å²) in [4.78, 5) is 10.4. The van der Waals surface area contributed by atoms with Crippen LogP contribution in [0.4, 0.5) is 5.69 Å². The third-order valence-electron chi connectivity index (χ3n) is 4.16. The maximum Gasteiger partial charge on any atom is 0.269 e. The van der Waals surface area contributed by atoms with Gasteiger partial charge in [0.1, 0.15) is 5.76 Å². The molecule has 0 saturated carbocycles. The molecule has 0 aliphatic rings. The summed E-state index contributed by atoms with van der Waals surface area (Å²) in [5.41, 5.74) is 2.04. The molecule has 0 unspecified atom stereocenters. The number of benzene rings is 2. The normalized spacial score (nSPS) is 10.9. The van der Waals surface area contributed by atoms with Gasteiger partial charge in [0.05, 0.1) is 17.7 Å². The second kappa shape index (κ2) is 8.10. The molecular weight excluding hydrogens is 376 g/mol. The monoisotopic (exact) mass is 392 g/mol. The molecule has 0 atom stereocenters. The smallest absolute Gasteiger partial charge is 0.269 e. The molecule has 4 aromatic rings. The van der Waals surface area contributed by atoms with Gasteiger partial charge in [0, 0.05) is 23.4 Å². The number of nitrogens with zero attached hydrogens (tertiary/aromatic N) is 4. The van der Waals surface area contributed by atoms with E-state index in [-0.39, 0.29) is 5.69 Å². The van der Waals surface area contributed by atoms with Crippen molar-refractivity contribution in [1.82, 2.24) is 14.8 Å². The zero-order valence-corrected chi connectivity index (χ0v) is 15.6. The minimum Gasteiger partial charge on any atom is -0.467 e. The molecule has 2 aromatic heterocycles. The second-order valence-corrected chi connectivity index (χ2v) is 6.99. The largest absolute Gasteiger partial charge is 0.467 e. The van der Waals surface area contributed by atoms with Crippen molar-refractivity contribution >= 4 is 17.4 Å². The maximum absolute atomic E-state index is 10.8. The molecule has 0 bridgehead atoms. The molecule has 0 aliphatic heterocycles. The van der Waals surface area contributed by atoms with Crippen LogP contribution < -0.4 is 0 Å². The van der Waals surface area contributed by atoms with Crippen LogP contribution in [0.2, 0.25) is 0 Å². The average molecular weight is 392 g/mol. The summed E-state index contributed by atoms with van der Waals surface area (Å²) in [5, 5.41) is 20.3. The quantitative estimate of drug-likeness (QED) is 0.255. The predicted octanol–water partition coefficient (Wildman–Crippen LogP) is 4.79. The third kappa shape index (κ3) is 3.96. The lowest BCUT2D eigenvalue weighted by atomic mass is 10.2. The topological polar surface area (TPSA) is 87.0 Å². The van der Waals surface area contributed by atoms with Crippen LogP contribution in [-0.4, -0.2) is 19.7 Å². The Hall–Kier alpha value is -3.39. The van der Waals surface area contributed by atoms with Gasteiger partial charge in [0.15, 0.2) is 11.0 Å². The van der Waals surface area contributed by atoms with Gasteiger partial charge >= 0.3 is 0 Å². The van der Waals surface area contributed by atoms with Crippen LogP contribution in [0.5, 0.6) is 0 Å². The van der Waals surface area contributed by atoms with Crippen LogP contribution in [0, 0.1) is 10.1 Å². The number of hydrogen-bond donors (Lipinski definition) is 0. The van der Waals surface area contributed by atoms with Gasteiger partial charge in [0.25, 0.3) is 5.69 Å². The number of aromatic nitrogens is 3. The van der Waals surface area contributed by atoms with E-state index in [2.05, 4.69) is 10.2 Å². The number of thioether (sulfide) groups is 1. The Balaban J connectivity index is 1.59. The third-order valence-corrected chi connectivity index (χ3v) is 5.20. The lowest BCUT2D eigenvalue weighted by Gasteiger charge is -2.09. The van der Waals surface area contributed by atoms with Gasteiger partial charge in [-0.3, -0.25) is 14.7 Å². The predicted molar refractivity (Wildman–Crippen MR) is 106 cm³/mol. The molecule has 28 heavy (non-hydrogen) atoms. The Morgan fingerprint density at radius 3 is 2.46 bits per heavy atom. The molecule has 0 amide bonds. The molecule has 0 saturated heterocycles. The van der Waals surface area contributed by atoms with Crippen molar-refractivity contribution in [2.75, 3.05) is 0 Å². The molecule has 2 heterocycles. The highest BCUT2D eigenvalue weighted by Crippen LogP contribution is 2.28. The lowest BCUT2D eigenvalue weighted by Crippen LogP contribution is -2.03. The Labute approximate surface area is 165 Å². The summed E-state index contributed by atoms with van der Waals surface area (Å²) in [6, 6.07) is 20.2. The van der Waals surface area contributed by atoms with Gasteiger partial charge < -0.3 is 4.42 Å². The summed E-state index contributed by atoms with van der Waals surface area (Å²) in [5.74, 6) is 2.21. The molecule has 4 rings (SSSR count). The van der Waals surface area contributed by atoms with Gasteiger partial charge in [-0.05, 0) is 17.7 Å². The molecule has 0 N–H and O–H groups in total. The van der Waals surface area contributed by atoms with Crippen molar-refractivity contribution in [2.24, 2.45) is 0 Å². The Kier molecular flexibility index (Phi) is 5.20.